The van der Waals surface area contributed by atoms with Crippen LogP contribution < -0.4 is 0 Å². The summed E-state index contributed by atoms with van der Waals surface area (Å²) in [4.78, 5) is 0. The number of hydrogen-bond donors (Lipinski definition) is 2. The van der Waals surface area contributed by atoms with Crippen molar-refractivity contribution in [1.29, 1.82) is 0 Å². The van der Waals surface area contributed by atoms with Crippen LogP contribution in [-0.2, 0) is 0 Å². The van der Waals surface area contributed by atoms with Crippen LogP contribution in [0, 0.1) is 0 Å². The highest BCUT2D eigenvalue weighted by Gasteiger charge is 2.73. The van der Waals surface area contributed by atoms with E-state index < -0.39 is 75.4 Å². The lowest BCUT2D eigenvalue weighted by atomic mass is 9.98. The SMILES string of the molecule is C=CCC(F)(C(F)(F)F)C(F)(F)F.C=CCO.FC(F)(F)C(F)(I)C(F)(F)F.OCC(I)CC(F)(C(F)(F)F)C(F)(F)F. The summed E-state index contributed by atoms with van der Waals surface area (Å²) in [7, 11) is 0. The molecule has 0 aliphatic heterocycles. The topological polar surface area (TPSA) is 40.5 Å². The number of hydrogen-bond acceptors (Lipinski definition) is 2. The highest BCUT2D eigenvalue weighted by Crippen LogP contribution is 2.51. The van der Waals surface area contributed by atoms with Crippen molar-refractivity contribution in [2.75, 3.05) is 13.2 Å². The molecule has 43 heavy (non-hydrogen) atoms. The van der Waals surface area contributed by atoms with Gasteiger partial charge in [-0.1, -0.05) is 34.7 Å². The van der Waals surface area contributed by atoms with Crippen molar-refractivity contribution in [3.8, 4) is 0 Å². The van der Waals surface area contributed by atoms with Gasteiger partial charge in [-0.15, -0.1) is 13.2 Å². The number of alkyl halides is 23. The Bertz CT molecular complexity index is 762. The number of rotatable bonds is 6. The standard InChI is InChI=1S/C6H6F7IO.C6H5F7.C3F7I.C3H6O/c7-4(5(8,9)10,6(11,12)13)1-3(14)2-15;1-2-3-4(7,5(8,9)10)6(11,12)13;4-1(11,2(5,6)7)3(8,9)10;1-2-3-4/h3,15H,1-2H2;2H,1,3H2;;2,4H,1,3H2. The second kappa shape index (κ2) is 17.3. The van der Waals surface area contributed by atoms with Crippen LogP contribution in [0.15, 0.2) is 25.3 Å². The Morgan fingerprint density at radius 2 is 0.767 bits per heavy atom. The summed E-state index contributed by atoms with van der Waals surface area (Å²) in [6.07, 6.45) is -37.9. The van der Waals surface area contributed by atoms with E-state index in [0.717, 1.165) is 22.6 Å². The Labute approximate surface area is 254 Å². The van der Waals surface area contributed by atoms with E-state index in [1.165, 1.54) is 6.08 Å². The predicted octanol–water partition coefficient (Wildman–Crippen LogP) is 9.78. The largest absolute Gasteiger partial charge is 0.441 e. The third kappa shape index (κ3) is 15.0. The molecule has 25 heteroatoms. The first-order valence-corrected chi connectivity index (χ1v) is 12.0. The summed E-state index contributed by atoms with van der Waals surface area (Å²) in [5.41, 5.74) is -10.5. The van der Waals surface area contributed by atoms with Gasteiger partial charge in [0.2, 0.25) is 0 Å². The Kier molecular flexibility index (Phi) is 19.9. The zero-order valence-electron chi connectivity index (χ0n) is 20.1. The van der Waals surface area contributed by atoms with Crippen molar-refractivity contribution in [3.05, 3.63) is 25.3 Å². The van der Waals surface area contributed by atoms with Crippen LogP contribution in [0.5, 0.6) is 0 Å². The summed E-state index contributed by atoms with van der Waals surface area (Å²) in [5.74, 6) is 0. The van der Waals surface area contributed by atoms with Crippen LogP contribution in [-0.4, -0.2) is 79.4 Å². The molecule has 262 valence electrons. The van der Waals surface area contributed by atoms with E-state index in [2.05, 4.69) is 13.2 Å². The average Bonchev–Trinajstić information content (AvgIpc) is 2.75. The van der Waals surface area contributed by atoms with Gasteiger partial charge in [0.15, 0.2) is 0 Å². The maximum Gasteiger partial charge on any atom is 0.441 e. The molecule has 0 amide bonds. The summed E-state index contributed by atoms with van der Waals surface area (Å²) < 4.78 is 239. The van der Waals surface area contributed by atoms with E-state index >= 15 is 0 Å². The van der Waals surface area contributed by atoms with Gasteiger partial charge in [0.05, 0.1) is 13.2 Å². The van der Waals surface area contributed by atoms with E-state index in [9.17, 15) is 92.2 Å². The Balaban J connectivity index is -0.000000251. The zero-order valence-corrected chi connectivity index (χ0v) is 24.4. The van der Waals surface area contributed by atoms with Crippen molar-refractivity contribution in [1.82, 2.24) is 0 Å². The van der Waals surface area contributed by atoms with E-state index in [4.69, 9.17) is 10.2 Å². The maximum absolute atomic E-state index is 12.9. The predicted molar refractivity (Wildman–Crippen MR) is 123 cm³/mol. The monoisotopic (exact) mass is 918 g/mol. The van der Waals surface area contributed by atoms with Gasteiger partial charge in [-0.2, -0.15) is 79.0 Å². The van der Waals surface area contributed by atoms with Gasteiger partial charge < -0.3 is 10.2 Å². The second-order valence-electron chi connectivity index (χ2n) is 7.11. The van der Waals surface area contributed by atoms with Crippen LogP contribution in [0.25, 0.3) is 0 Å². The van der Waals surface area contributed by atoms with Crippen LogP contribution >= 0.6 is 45.2 Å². The minimum atomic E-state index is -6.04. The first-order valence-electron chi connectivity index (χ1n) is 9.66. The van der Waals surface area contributed by atoms with Gasteiger partial charge in [0.25, 0.3) is 5.67 Å². The normalized spacial score (nSPS) is 14.6. The molecule has 0 saturated heterocycles. The van der Waals surface area contributed by atoms with E-state index in [0.29, 0.717) is 0 Å². The minimum Gasteiger partial charge on any atom is -0.395 e. The minimum absolute atomic E-state index is 0.0833. The summed E-state index contributed by atoms with van der Waals surface area (Å²) >= 11 is 0.793. The molecular formula is C18H17F21I2O2. The van der Waals surface area contributed by atoms with Gasteiger partial charge in [-0.05, 0) is 22.6 Å². The molecule has 0 radical (unpaired) electrons. The van der Waals surface area contributed by atoms with E-state index in [1.54, 1.807) is 0 Å². The molecule has 0 aliphatic carbocycles. The van der Waals surface area contributed by atoms with Crippen LogP contribution in [0.4, 0.5) is 92.2 Å². The number of aliphatic hydroxyl groups excluding tert-OH is 2. The Morgan fingerprint density at radius 3 is 0.860 bits per heavy atom. The molecule has 0 spiro atoms. The maximum atomic E-state index is 12.9. The molecular weight excluding hydrogens is 901 g/mol. The molecule has 2 nitrogen and oxygen atoms in total. The first-order chi connectivity index (χ1) is 18.4. The zero-order chi connectivity index (χ0) is 36.3. The Morgan fingerprint density at radius 1 is 0.512 bits per heavy atom. The first kappa shape index (κ1) is 49.3. The quantitative estimate of drug-likeness (QED) is 0.121. The molecule has 0 aromatic rings. The van der Waals surface area contributed by atoms with Crippen LogP contribution in [0.3, 0.4) is 0 Å². The lowest BCUT2D eigenvalue weighted by Crippen LogP contribution is -2.54. The summed E-state index contributed by atoms with van der Waals surface area (Å²) in [5, 5.41) is 16.1. The molecule has 0 aromatic heterocycles. The Hall–Kier alpha value is -0.610. The van der Waals surface area contributed by atoms with Crippen molar-refractivity contribution in [2.24, 2.45) is 0 Å². The van der Waals surface area contributed by atoms with Gasteiger partial charge in [-0.3, -0.25) is 0 Å². The van der Waals surface area contributed by atoms with Crippen molar-refractivity contribution < 1.29 is 102 Å². The van der Waals surface area contributed by atoms with Crippen molar-refractivity contribution >= 4 is 45.2 Å². The molecule has 1 unspecified atom stereocenters. The van der Waals surface area contributed by atoms with Gasteiger partial charge >= 0.3 is 46.4 Å². The van der Waals surface area contributed by atoms with Gasteiger partial charge in [0.1, 0.15) is 0 Å². The molecule has 2 N–H and O–H groups in total. The molecule has 0 aliphatic rings. The van der Waals surface area contributed by atoms with Crippen LogP contribution in [0.1, 0.15) is 12.8 Å². The highest BCUT2D eigenvalue weighted by molar-refractivity contribution is 14.1. The highest BCUT2D eigenvalue weighted by atomic mass is 127. The third-order valence-electron chi connectivity index (χ3n) is 3.76. The van der Waals surface area contributed by atoms with E-state index in [-0.39, 0.29) is 35.3 Å². The number of halogens is 23. The summed E-state index contributed by atoms with van der Waals surface area (Å²) in [6.45, 7) is 4.99. The molecule has 1 atom stereocenters. The molecule has 0 fully saturated rings. The molecule has 0 rings (SSSR count). The van der Waals surface area contributed by atoms with E-state index in [1.807, 2.05) is 0 Å². The fourth-order valence-corrected chi connectivity index (χ4v) is 2.12. The average molecular weight is 918 g/mol. The fourth-order valence-electron chi connectivity index (χ4n) is 1.51. The molecule has 0 bridgehead atoms. The van der Waals surface area contributed by atoms with Gasteiger partial charge in [0, 0.05) is 16.8 Å². The summed E-state index contributed by atoms with van der Waals surface area (Å²) in [6, 6.07) is 0. The second-order valence-corrected chi connectivity index (χ2v) is 10.4. The van der Waals surface area contributed by atoms with Crippen molar-refractivity contribution in [3.63, 3.8) is 0 Å². The van der Waals surface area contributed by atoms with Gasteiger partial charge in [-0.25, -0.2) is 13.2 Å². The molecule has 0 saturated carbocycles. The lowest BCUT2D eigenvalue weighted by Gasteiger charge is -2.31. The van der Waals surface area contributed by atoms with Crippen LogP contribution in [0.2, 0.25) is 0 Å². The lowest BCUT2D eigenvalue weighted by molar-refractivity contribution is -0.343. The third-order valence-corrected chi connectivity index (χ3v) is 5.82. The smallest absolute Gasteiger partial charge is 0.395 e. The fraction of sp³-hybridized carbons (Fsp3) is 0.778. The number of allylic oxidation sites excluding steroid dienone is 1. The molecule has 0 heterocycles. The van der Waals surface area contributed by atoms with Crippen molar-refractivity contribution in [2.45, 2.75) is 68.8 Å². The molecule has 0 aromatic carbocycles. The number of aliphatic hydroxyl groups is 2.